The molecule has 0 radical (unpaired) electrons. The Bertz CT molecular complexity index is 536. The van der Waals surface area contributed by atoms with E-state index in [-0.39, 0.29) is 19.6 Å². The first-order chi connectivity index (χ1) is 9.36. The van der Waals surface area contributed by atoms with Crippen molar-refractivity contribution in [3.63, 3.8) is 0 Å². The fourth-order valence-corrected chi connectivity index (χ4v) is 2.07. The number of nitrogens with one attached hydrogen (secondary N) is 1. The summed E-state index contributed by atoms with van der Waals surface area (Å²) in [6, 6.07) is -1.20. The summed E-state index contributed by atoms with van der Waals surface area (Å²) in [5, 5.41) is 2.75. The van der Waals surface area contributed by atoms with Crippen LogP contribution < -0.4 is 16.0 Å². The second-order valence-corrected chi connectivity index (χ2v) is 4.23. The van der Waals surface area contributed by atoms with Gasteiger partial charge in [0, 0.05) is 19.6 Å². The van der Waals surface area contributed by atoms with Crippen LogP contribution in [0, 0.1) is 29.1 Å². The number of primary amides is 1. The molecule has 1 aliphatic rings. The highest BCUT2D eigenvalue weighted by Crippen LogP contribution is 2.31. The number of carbonyl (C=O) groups excluding carboxylic acids is 1. The number of hydrogen-bond acceptors (Lipinski definition) is 3. The van der Waals surface area contributed by atoms with Gasteiger partial charge in [0.2, 0.25) is 11.7 Å². The van der Waals surface area contributed by atoms with Gasteiger partial charge in [-0.15, -0.1) is 0 Å². The highest BCUT2D eigenvalue weighted by Gasteiger charge is 2.35. The number of hydrogen-bond donors (Lipinski definition) is 2. The van der Waals surface area contributed by atoms with Crippen LogP contribution in [0.5, 0.6) is 0 Å². The highest BCUT2D eigenvalue weighted by atomic mass is 19.2. The zero-order chi connectivity index (χ0) is 15.0. The van der Waals surface area contributed by atoms with Gasteiger partial charge in [-0.1, -0.05) is 0 Å². The summed E-state index contributed by atoms with van der Waals surface area (Å²) in [4.78, 5) is 12.0. The zero-order valence-electron chi connectivity index (χ0n) is 10.0. The molecule has 1 aromatic carbocycles. The van der Waals surface area contributed by atoms with Crippen LogP contribution in [0.3, 0.4) is 0 Å². The Labute approximate surface area is 110 Å². The highest BCUT2D eigenvalue weighted by molar-refractivity contribution is 5.84. The Balaban J connectivity index is 2.59. The van der Waals surface area contributed by atoms with E-state index in [4.69, 9.17) is 5.73 Å². The maximum absolute atomic E-state index is 13.7. The average Bonchev–Trinajstić information content (AvgIpc) is 2.43. The fourth-order valence-electron chi connectivity index (χ4n) is 2.07. The van der Waals surface area contributed by atoms with E-state index in [0.717, 1.165) is 4.90 Å². The van der Waals surface area contributed by atoms with Gasteiger partial charge < -0.3 is 16.0 Å². The van der Waals surface area contributed by atoms with Crippen LogP contribution in [-0.2, 0) is 4.79 Å². The van der Waals surface area contributed by atoms with Crippen molar-refractivity contribution in [2.45, 2.75) is 6.04 Å². The molecule has 0 spiro atoms. The van der Waals surface area contributed by atoms with Gasteiger partial charge >= 0.3 is 0 Å². The second-order valence-electron chi connectivity index (χ2n) is 4.23. The van der Waals surface area contributed by atoms with Gasteiger partial charge in [-0.2, -0.15) is 0 Å². The molecule has 20 heavy (non-hydrogen) atoms. The average molecular weight is 295 g/mol. The molecule has 1 fully saturated rings. The predicted octanol–water partition coefficient (Wildman–Crippen LogP) is 0.646. The van der Waals surface area contributed by atoms with Crippen molar-refractivity contribution in [3.05, 3.63) is 29.1 Å². The van der Waals surface area contributed by atoms with E-state index < -0.39 is 46.7 Å². The largest absolute Gasteiger partial charge is 0.368 e. The summed E-state index contributed by atoms with van der Waals surface area (Å²) in [7, 11) is 0. The lowest BCUT2D eigenvalue weighted by Crippen LogP contribution is -2.57. The molecule has 1 aromatic rings. The Kier molecular flexibility index (Phi) is 3.80. The fraction of sp³-hybridized carbons (Fsp3) is 0.364. The third-order valence-corrected chi connectivity index (χ3v) is 3.05. The molecule has 1 aliphatic heterocycles. The lowest BCUT2D eigenvalue weighted by atomic mass is 10.1. The molecule has 1 amide bonds. The van der Waals surface area contributed by atoms with E-state index in [2.05, 4.69) is 5.32 Å². The van der Waals surface area contributed by atoms with Crippen LogP contribution in [0.15, 0.2) is 0 Å². The van der Waals surface area contributed by atoms with Crippen molar-refractivity contribution in [2.75, 3.05) is 24.5 Å². The summed E-state index contributed by atoms with van der Waals surface area (Å²) in [6.07, 6.45) is 0. The molecular formula is C11H10F5N3O. The number of piperazine rings is 1. The summed E-state index contributed by atoms with van der Waals surface area (Å²) >= 11 is 0. The zero-order valence-corrected chi connectivity index (χ0v) is 10.0. The minimum absolute atomic E-state index is 0.0468. The van der Waals surface area contributed by atoms with Crippen LogP contribution in [0.1, 0.15) is 0 Å². The molecule has 3 N–H and O–H groups in total. The molecule has 1 saturated heterocycles. The van der Waals surface area contributed by atoms with Gasteiger partial charge in [0.25, 0.3) is 0 Å². The van der Waals surface area contributed by atoms with Crippen molar-refractivity contribution >= 4 is 11.6 Å². The Morgan fingerprint density at radius 2 is 1.55 bits per heavy atom. The van der Waals surface area contributed by atoms with Gasteiger partial charge in [0.1, 0.15) is 11.7 Å². The monoisotopic (exact) mass is 295 g/mol. The van der Waals surface area contributed by atoms with Crippen molar-refractivity contribution in [1.29, 1.82) is 0 Å². The second kappa shape index (κ2) is 5.23. The van der Waals surface area contributed by atoms with Crippen LogP contribution in [0.2, 0.25) is 0 Å². The third kappa shape index (κ3) is 2.17. The number of halogens is 5. The Hall–Kier alpha value is -1.90. The summed E-state index contributed by atoms with van der Waals surface area (Å²) in [5.41, 5.74) is 3.94. The SMILES string of the molecule is NC(=O)C1CNCCN1c1c(F)c(F)c(F)c(F)c1F. The molecule has 4 nitrogen and oxygen atoms in total. The molecular weight excluding hydrogens is 285 g/mol. The minimum Gasteiger partial charge on any atom is -0.368 e. The predicted molar refractivity (Wildman–Crippen MR) is 59.4 cm³/mol. The molecule has 0 aromatic heterocycles. The quantitative estimate of drug-likeness (QED) is 0.478. The molecule has 1 atom stereocenters. The lowest BCUT2D eigenvalue weighted by Gasteiger charge is -2.36. The minimum atomic E-state index is -2.24. The van der Waals surface area contributed by atoms with Crippen molar-refractivity contribution < 1.29 is 26.7 Å². The molecule has 0 bridgehead atoms. The molecule has 2 rings (SSSR count). The maximum atomic E-state index is 13.7. The van der Waals surface area contributed by atoms with Gasteiger partial charge in [-0.3, -0.25) is 4.79 Å². The molecule has 0 aliphatic carbocycles. The Morgan fingerprint density at radius 1 is 1.05 bits per heavy atom. The van der Waals surface area contributed by atoms with E-state index in [1.54, 1.807) is 0 Å². The smallest absolute Gasteiger partial charge is 0.241 e. The standard InChI is InChI=1S/C11H10F5N3O/c12-5-6(13)8(15)10(9(16)7(5)14)19-2-1-18-3-4(19)11(17)20/h4,18H,1-3H2,(H2,17,20). The first-order valence-electron chi connectivity index (χ1n) is 5.64. The van der Waals surface area contributed by atoms with Crippen LogP contribution in [-0.4, -0.2) is 31.6 Å². The van der Waals surface area contributed by atoms with Crippen molar-refractivity contribution in [3.8, 4) is 0 Å². The molecule has 9 heteroatoms. The topological polar surface area (TPSA) is 58.4 Å². The van der Waals surface area contributed by atoms with E-state index >= 15 is 0 Å². The first-order valence-corrected chi connectivity index (χ1v) is 5.64. The molecule has 1 unspecified atom stereocenters. The van der Waals surface area contributed by atoms with E-state index in [1.165, 1.54) is 0 Å². The number of nitrogens with two attached hydrogens (primary N) is 1. The first kappa shape index (κ1) is 14.5. The van der Waals surface area contributed by atoms with E-state index in [9.17, 15) is 26.7 Å². The maximum Gasteiger partial charge on any atom is 0.241 e. The Morgan fingerprint density at radius 3 is 2.05 bits per heavy atom. The number of rotatable bonds is 2. The van der Waals surface area contributed by atoms with Crippen LogP contribution in [0.25, 0.3) is 0 Å². The van der Waals surface area contributed by atoms with Gasteiger partial charge in [-0.05, 0) is 0 Å². The third-order valence-electron chi connectivity index (χ3n) is 3.05. The number of carbonyl (C=O) groups is 1. The number of nitrogens with zero attached hydrogens (tertiary/aromatic N) is 1. The van der Waals surface area contributed by atoms with Crippen LogP contribution in [0.4, 0.5) is 27.6 Å². The molecule has 0 saturated carbocycles. The van der Waals surface area contributed by atoms with E-state index in [0.29, 0.717) is 0 Å². The summed E-state index contributed by atoms with van der Waals surface area (Å²) < 4.78 is 66.7. The van der Waals surface area contributed by atoms with Crippen molar-refractivity contribution in [2.24, 2.45) is 5.73 Å². The molecule has 1 heterocycles. The number of amides is 1. The van der Waals surface area contributed by atoms with Gasteiger partial charge in [0.15, 0.2) is 23.3 Å². The van der Waals surface area contributed by atoms with Gasteiger partial charge in [0.05, 0.1) is 0 Å². The number of anilines is 1. The number of benzene rings is 1. The molecule has 110 valence electrons. The van der Waals surface area contributed by atoms with Gasteiger partial charge in [-0.25, -0.2) is 22.0 Å². The summed E-state index contributed by atoms with van der Waals surface area (Å²) in [6.45, 7) is 0.0457. The van der Waals surface area contributed by atoms with Crippen molar-refractivity contribution in [1.82, 2.24) is 5.32 Å². The normalized spacial score (nSPS) is 19.2. The van der Waals surface area contributed by atoms with E-state index in [1.807, 2.05) is 0 Å². The summed E-state index contributed by atoms with van der Waals surface area (Å²) in [5.74, 6) is -11.2. The van der Waals surface area contributed by atoms with Crippen LogP contribution >= 0.6 is 0 Å². The lowest BCUT2D eigenvalue weighted by molar-refractivity contribution is -0.119.